The average molecular weight is 220 g/mol. The van der Waals surface area contributed by atoms with E-state index >= 15 is 0 Å². The van der Waals surface area contributed by atoms with Gasteiger partial charge in [0.2, 0.25) is 5.91 Å². The number of nitrogen functional groups attached to an aromatic ring is 1. The number of aryl methyl sites for hydroxylation is 1. The van der Waals surface area contributed by atoms with Crippen LogP contribution in [0.4, 0.5) is 5.69 Å². The summed E-state index contributed by atoms with van der Waals surface area (Å²) in [6.45, 7) is 2.91. The van der Waals surface area contributed by atoms with Crippen molar-refractivity contribution in [2.24, 2.45) is 0 Å². The molecule has 0 aliphatic heterocycles. The van der Waals surface area contributed by atoms with Crippen molar-refractivity contribution < 1.29 is 4.79 Å². The Morgan fingerprint density at radius 3 is 2.50 bits per heavy atom. The van der Waals surface area contributed by atoms with E-state index in [0.717, 1.165) is 30.6 Å². The van der Waals surface area contributed by atoms with Crippen LogP contribution in [0.3, 0.4) is 0 Å². The summed E-state index contributed by atoms with van der Waals surface area (Å²) in [6.07, 6.45) is 2.36. The van der Waals surface area contributed by atoms with E-state index in [1.165, 1.54) is 0 Å². The molecule has 0 aliphatic carbocycles. The zero-order valence-electron chi connectivity index (χ0n) is 10.1. The van der Waals surface area contributed by atoms with Gasteiger partial charge in [-0.1, -0.05) is 19.1 Å². The second-order valence-electron chi connectivity index (χ2n) is 4.06. The summed E-state index contributed by atoms with van der Waals surface area (Å²) >= 11 is 0. The van der Waals surface area contributed by atoms with Crippen molar-refractivity contribution in [1.82, 2.24) is 4.90 Å². The summed E-state index contributed by atoms with van der Waals surface area (Å²) in [5.41, 5.74) is 7.52. The molecule has 1 amide bonds. The van der Waals surface area contributed by atoms with Gasteiger partial charge in [0.1, 0.15) is 0 Å². The van der Waals surface area contributed by atoms with Gasteiger partial charge in [0.25, 0.3) is 0 Å². The zero-order chi connectivity index (χ0) is 12.0. The van der Waals surface area contributed by atoms with Crippen LogP contribution in [0.15, 0.2) is 24.3 Å². The molecule has 1 aromatic rings. The predicted octanol–water partition coefficient (Wildman–Crippen LogP) is 2.07. The van der Waals surface area contributed by atoms with Gasteiger partial charge in [0.05, 0.1) is 0 Å². The number of benzene rings is 1. The first-order valence-electron chi connectivity index (χ1n) is 5.72. The third kappa shape index (κ3) is 3.93. The third-order valence-corrected chi connectivity index (χ3v) is 2.59. The molecular weight excluding hydrogens is 200 g/mol. The van der Waals surface area contributed by atoms with Gasteiger partial charge in [-0.25, -0.2) is 0 Å². The number of carbonyl (C=O) groups excluding carboxylic acids is 1. The van der Waals surface area contributed by atoms with E-state index in [0.29, 0.717) is 6.42 Å². The number of anilines is 1. The molecule has 0 saturated heterocycles. The normalized spacial score (nSPS) is 10.1. The first-order chi connectivity index (χ1) is 7.63. The molecule has 3 nitrogen and oxygen atoms in total. The molecule has 0 atom stereocenters. The van der Waals surface area contributed by atoms with Crippen molar-refractivity contribution >= 4 is 11.6 Å². The van der Waals surface area contributed by atoms with Crippen LogP contribution in [0.2, 0.25) is 0 Å². The highest BCUT2D eigenvalue weighted by molar-refractivity contribution is 5.76. The van der Waals surface area contributed by atoms with Crippen molar-refractivity contribution in [1.29, 1.82) is 0 Å². The highest BCUT2D eigenvalue weighted by Crippen LogP contribution is 2.08. The molecule has 0 bridgehead atoms. The Bertz CT molecular complexity index is 332. The van der Waals surface area contributed by atoms with Crippen molar-refractivity contribution in [2.75, 3.05) is 19.3 Å². The molecule has 0 heterocycles. The Labute approximate surface area is 97.2 Å². The van der Waals surface area contributed by atoms with Gasteiger partial charge >= 0.3 is 0 Å². The maximum Gasteiger partial charge on any atom is 0.222 e. The van der Waals surface area contributed by atoms with E-state index in [1.807, 2.05) is 31.3 Å². The molecule has 0 radical (unpaired) electrons. The summed E-state index contributed by atoms with van der Waals surface area (Å²) in [6, 6.07) is 7.69. The Morgan fingerprint density at radius 2 is 1.94 bits per heavy atom. The fourth-order valence-electron chi connectivity index (χ4n) is 1.59. The first kappa shape index (κ1) is 12.6. The van der Waals surface area contributed by atoms with E-state index in [9.17, 15) is 4.79 Å². The van der Waals surface area contributed by atoms with Crippen molar-refractivity contribution in [2.45, 2.75) is 26.2 Å². The molecule has 3 heteroatoms. The van der Waals surface area contributed by atoms with Gasteiger partial charge in [-0.05, 0) is 30.5 Å². The minimum Gasteiger partial charge on any atom is -0.399 e. The lowest BCUT2D eigenvalue weighted by atomic mass is 10.1. The summed E-state index contributed by atoms with van der Waals surface area (Å²) in [7, 11) is 1.86. The monoisotopic (exact) mass is 220 g/mol. The van der Waals surface area contributed by atoms with Gasteiger partial charge in [0, 0.05) is 25.7 Å². The van der Waals surface area contributed by atoms with Crippen LogP contribution in [0.1, 0.15) is 25.3 Å². The van der Waals surface area contributed by atoms with Gasteiger partial charge in [-0.15, -0.1) is 0 Å². The van der Waals surface area contributed by atoms with Crippen LogP contribution < -0.4 is 5.73 Å². The Hall–Kier alpha value is -1.51. The van der Waals surface area contributed by atoms with Crippen molar-refractivity contribution in [3.8, 4) is 0 Å². The second kappa shape index (κ2) is 6.16. The summed E-state index contributed by atoms with van der Waals surface area (Å²) in [4.78, 5) is 13.5. The third-order valence-electron chi connectivity index (χ3n) is 2.59. The van der Waals surface area contributed by atoms with Crippen LogP contribution in [-0.4, -0.2) is 24.4 Å². The lowest BCUT2D eigenvalue weighted by Gasteiger charge is -2.15. The summed E-state index contributed by atoms with van der Waals surface area (Å²) in [5.74, 6) is 0.207. The van der Waals surface area contributed by atoms with E-state index in [2.05, 4.69) is 6.92 Å². The smallest absolute Gasteiger partial charge is 0.222 e. The number of nitrogens with two attached hydrogens (primary N) is 1. The lowest BCUT2D eigenvalue weighted by molar-refractivity contribution is -0.129. The molecule has 16 heavy (non-hydrogen) atoms. The van der Waals surface area contributed by atoms with E-state index in [1.54, 1.807) is 4.90 Å². The molecule has 1 aromatic carbocycles. The molecule has 88 valence electrons. The highest BCUT2D eigenvalue weighted by atomic mass is 16.2. The largest absolute Gasteiger partial charge is 0.399 e. The molecule has 0 unspecified atom stereocenters. The summed E-state index contributed by atoms with van der Waals surface area (Å²) in [5, 5.41) is 0. The number of amides is 1. The van der Waals surface area contributed by atoms with Crippen molar-refractivity contribution in [3.05, 3.63) is 29.8 Å². The number of carbonyl (C=O) groups is 1. The van der Waals surface area contributed by atoms with Crippen LogP contribution in [0.25, 0.3) is 0 Å². The SMILES string of the molecule is CCCN(C)C(=O)CCc1ccc(N)cc1. The van der Waals surface area contributed by atoms with E-state index in [-0.39, 0.29) is 5.91 Å². The molecule has 1 rings (SSSR count). The minimum absolute atomic E-state index is 0.207. The average Bonchev–Trinajstić information content (AvgIpc) is 2.28. The highest BCUT2D eigenvalue weighted by Gasteiger charge is 2.07. The summed E-state index contributed by atoms with van der Waals surface area (Å²) < 4.78 is 0. The predicted molar refractivity (Wildman–Crippen MR) is 67.1 cm³/mol. The second-order valence-corrected chi connectivity index (χ2v) is 4.06. The minimum atomic E-state index is 0.207. The van der Waals surface area contributed by atoms with Crippen LogP contribution in [0.5, 0.6) is 0 Å². The van der Waals surface area contributed by atoms with Gasteiger partial charge < -0.3 is 10.6 Å². The van der Waals surface area contributed by atoms with E-state index in [4.69, 9.17) is 5.73 Å². The zero-order valence-corrected chi connectivity index (χ0v) is 10.1. The maximum atomic E-state index is 11.7. The standard InChI is InChI=1S/C13H20N2O/c1-3-10-15(2)13(16)9-6-11-4-7-12(14)8-5-11/h4-5,7-8H,3,6,9-10,14H2,1-2H3. The Balaban J connectivity index is 2.39. The van der Waals surface area contributed by atoms with Crippen LogP contribution in [-0.2, 0) is 11.2 Å². The Kier molecular flexibility index (Phi) is 4.83. The molecular formula is C13H20N2O. The number of nitrogens with zero attached hydrogens (tertiary/aromatic N) is 1. The number of rotatable bonds is 5. The molecule has 0 aliphatic rings. The van der Waals surface area contributed by atoms with Gasteiger partial charge in [0.15, 0.2) is 0 Å². The van der Waals surface area contributed by atoms with Gasteiger partial charge in [-0.3, -0.25) is 4.79 Å². The van der Waals surface area contributed by atoms with Gasteiger partial charge in [-0.2, -0.15) is 0 Å². The topological polar surface area (TPSA) is 46.3 Å². The number of hydrogen-bond donors (Lipinski definition) is 1. The molecule has 0 spiro atoms. The fourth-order valence-corrected chi connectivity index (χ4v) is 1.59. The maximum absolute atomic E-state index is 11.7. The molecule has 0 saturated carbocycles. The van der Waals surface area contributed by atoms with Crippen LogP contribution >= 0.6 is 0 Å². The molecule has 2 N–H and O–H groups in total. The first-order valence-corrected chi connectivity index (χ1v) is 5.72. The fraction of sp³-hybridized carbons (Fsp3) is 0.462. The van der Waals surface area contributed by atoms with Crippen molar-refractivity contribution in [3.63, 3.8) is 0 Å². The van der Waals surface area contributed by atoms with E-state index < -0.39 is 0 Å². The lowest BCUT2D eigenvalue weighted by Crippen LogP contribution is -2.27. The molecule has 0 aromatic heterocycles. The van der Waals surface area contributed by atoms with Crippen LogP contribution in [0, 0.1) is 0 Å². The quantitative estimate of drug-likeness (QED) is 0.772. The Morgan fingerprint density at radius 1 is 1.31 bits per heavy atom. The molecule has 0 fully saturated rings. The number of hydrogen-bond acceptors (Lipinski definition) is 2.